The number of aromatic nitrogens is 5. The van der Waals surface area contributed by atoms with Gasteiger partial charge in [-0.05, 0) is 62.8 Å². The van der Waals surface area contributed by atoms with Crippen molar-refractivity contribution < 1.29 is 9.59 Å². The molecule has 0 bridgehead atoms. The smallest absolute Gasteiger partial charge is 0.276 e. The Kier molecular flexibility index (Phi) is 5.93. The highest BCUT2D eigenvalue weighted by Crippen LogP contribution is 2.28. The largest absolute Gasteiger partial charge is 0.319 e. The van der Waals surface area contributed by atoms with Gasteiger partial charge in [-0.3, -0.25) is 24.4 Å². The van der Waals surface area contributed by atoms with Crippen LogP contribution < -0.4 is 5.32 Å². The molecule has 1 saturated heterocycles. The van der Waals surface area contributed by atoms with E-state index in [0.29, 0.717) is 29.5 Å². The standard InChI is InChI=1S/C25H27N7O2/c1-3-23(33)22-7-5-18(14-26-22)28-25(34)24-20-12-16(4-6-21(20)29-30-24)17-13-27-32(15-17)19-8-10-31(2)11-9-19/h4-7,12-15,19H,3,8-11H2,1-2H3,(H,28,34)(H,29,30). The van der Waals surface area contributed by atoms with Crippen molar-refractivity contribution in [2.75, 3.05) is 25.5 Å². The van der Waals surface area contributed by atoms with Crippen LogP contribution in [-0.2, 0) is 0 Å². The van der Waals surface area contributed by atoms with Crippen molar-refractivity contribution in [3.63, 3.8) is 0 Å². The zero-order chi connectivity index (χ0) is 23.7. The summed E-state index contributed by atoms with van der Waals surface area (Å²) in [6, 6.07) is 9.59. The third-order valence-electron chi connectivity index (χ3n) is 6.40. The minimum absolute atomic E-state index is 0.0390. The first-order valence-electron chi connectivity index (χ1n) is 11.5. The van der Waals surface area contributed by atoms with Gasteiger partial charge in [0, 0.05) is 23.6 Å². The average Bonchev–Trinajstić information content (AvgIpc) is 3.52. The Labute approximate surface area is 197 Å². The molecule has 0 unspecified atom stereocenters. The molecule has 1 fully saturated rings. The van der Waals surface area contributed by atoms with Crippen LogP contribution in [0.5, 0.6) is 0 Å². The highest BCUT2D eigenvalue weighted by Gasteiger charge is 2.20. The summed E-state index contributed by atoms with van der Waals surface area (Å²) in [5.74, 6) is -0.385. The molecule has 0 spiro atoms. The minimum atomic E-state index is -0.346. The molecule has 3 aromatic heterocycles. The molecule has 5 rings (SSSR count). The van der Waals surface area contributed by atoms with Gasteiger partial charge in [0.1, 0.15) is 5.69 Å². The van der Waals surface area contributed by atoms with Crippen LogP contribution in [0, 0.1) is 0 Å². The van der Waals surface area contributed by atoms with Gasteiger partial charge in [0.15, 0.2) is 11.5 Å². The lowest BCUT2D eigenvalue weighted by molar-refractivity contribution is 0.0982. The summed E-state index contributed by atoms with van der Waals surface area (Å²) >= 11 is 0. The van der Waals surface area contributed by atoms with Gasteiger partial charge in [0.05, 0.1) is 29.6 Å². The fourth-order valence-corrected chi connectivity index (χ4v) is 4.32. The SMILES string of the molecule is CCC(=O)c1ccc(NC(=O)c2n[nH]c3ccc(-c4cnn(C5CCN(C)CC5)c4)cc23)cn1. The van der Waals surface area contributed by atoms with Crippen LogP contribution in [-0.4, -0.2) is 61.7 Å². The number of hydrogen-bond acceptors (Lipinski definition) is 6. The molecule has 0 aliphatic carbocycles. The molecule has 174 valence electrons. The van der Waals surface area contributed by atoms with E-state index >= 15 is 0 Å². The van der Waals surface area contributed by atoms with E-state index in [9.17, 15) is 9.59 Å². The molecule has 1 aliphatic rings. The summed E-state index contributed by atoms with van der Waals surface area (Å²) in [6.45, 7) is 3.94. The third-order valence-corrected chi connectivity index (χ3v) is 6.40. The molecule has 4 aromatic rings. The number of anilines is 1. The first-order valence-corrected chi connectivity index (χ1v) is 11.5. The van der Waals surface area contributed by atoms with E-state index in [0.717, 1.165) is 48.0 Å². The number of H-pyrrole nitrogens is 1. The quantitative estimate of drug-likeness (QED) is 0.425. The van der Waals surface area contributed by atoms with Gasteiger partial charge >= 0.3 is 0 Å². The summed E-state index contributed by atoms with van der Waals surface area (Å²) in [6.07, 6.45) is 8.01. The van der Waals surface area contributed by atoms with E-state index in [1.165, 1.54) is 6.20 Å². The van der Waals surface area contributed by atoms with Crippen molar-refractivity contribution in [3.8, 4) is 11.1 Å². The Balaban J connectivity index is 1.36. The Hall–Kier alpha value is -3.85. The third kappa shape index (κ3) is 4.34. The molecule has 0 radical (unpaired) electrons. The summed E-state index contributed by atoms with van der Waals surface area (Å²) in [5, 5.41) is 15.3. The number of nitrogens with one attached hydrogen (secondary N) is 2. The van der Waals surface area contributed by atoms with E-state index in [1.54, 1.807) is 19.1 Å². The van der Waals surface area contributed by atoms with Gasteiger partial charge < -0.3 is 10.2 Å². The Morgan fingerprint density at radius 1 is 1.12 bits per heavy atom. The summed E-state index contributed by atoms with van der Waals surface area (Å²) < 4.78 is 2.06. The molecule has 1 aliphatic heterocycles. The molecule has 9 heteroatoms. The minimum Gasteiger partial charge on any atom is -0.319 e. The number of pyridine rings is 1. The second-order valence-electron chi connectivity index (χ2n) is 8.74. The monoisotopic (exact) mass is 457 g/mol. The number of benzene rings is 1. The highest BCUT2D eigenvalue weighted by atomic mass is 16.2. The number of amides is 1. The fourth-order valence-electron chi connectivity index (χ4n) is 4.32. The van der Waals surface area contributed by atoms with Crippen LogP contribution in [0.2, 0.25) is 0 Å². The van der Waals surface area contributed by atoms with Crippen molar-refractivity contribution in [3.05, 3.63) is 60.3 Å². The van der Waals surface area contributed by atoms with E-state index in [2.05, 4.69) is 48.4 Å². The maximum absolute atomic E-state index is 12.9. The van der Waals surface area contributed by atoms with Crippen LogP contribution in [0.15, 0.2) is 48.9 Å². The number of hydrogen-bond donors (Lipinski definition) is 2. The van der Waals surface area contributed by atoms with Crippen LogP contribution in [0.25, 0.3) is 22.0 Å². The Morgan fingerprint density at radius 3 is 2.68 bits per heavy atom. The van der Waals surface area contributed by atoms with Crippen LogP contribution in [0.4, 0.5) is 5.69 Å². The lowest BCUT2D eigenvalue weighted by atomic mass is 10.0. The molecule has 0 saturated carbocycles. The number of fused-ring (bicyclic) bond motifs is 1. The predicted octanol–water partition coefficient (Wildman–Crippen LogP) is 3.93. The summed E-state index contributed by atoms with van der Waals surface area (Å²) in [7, 11) is 2.15. The molecule has 2 N–H and O–H groups in total. The number of carbonyl (C=O) groups excluding carboxylic acids is 2. The normalized spacial score (nSPS) is 15.0. The Morgan fingerprint density at radius 2 is 1.94 bits per heavy atom. The number of carbonyl (C=O) groups is 2. The molecule has 0 atom stereocenters. The fraction of sp³-hybridized carbons (Fsp3) is 0.320. The van der Waals surface area contributed by atoms with Crippen molar-refractivity contribution in [1.29, 1.82) is 0 Å². The highest BCUT2D eigenvalue weighted by molar-refractivity contribution is 6.11. The summed E-state index contributed by atoms with van der Waals surface area (Å²) in [4.78, 5) is 31.2. The van der Waals surface area contributed by atoms with Crippen molar-refractivity contribution in [2.45, 2.75) is 32.2 Å². The number of nitrogens with zero attached hydrogens (tertiary/aromatic N) is 5. The maximum Gasteiger partial charge on any atom is 0.276 e. The number of aromatic amines is 1. The number of rotatable bonds is 6. The van der Waals surface area contributed by atoms with Gasteiger partial charge in [-0.25, -0.2) is 0 Å². The summed E-state index contributed by atoms with van der Waals surface area (Å²) in [5.41, 5.74) is 3.95. The van der Waals surface area contributed by atoms with E-state index in [4.69, 9.17) is 0 Å². The number of piperidine rings is 1. The first kappa shape index (κ1) is 22.0. The molecule has 1 aromatic carbocycles. The van der Waals surface area contributed by atoms with E-state index in [-0.39, 0.29) is 11.7 Å². The molecule has 34 heavy (non-hydrogen) atoms. The lowest BCUT2D eigenvalue weighted by Gasteiger charge is -2.28. The zero-order valence-corrected chi connectivity index (χ0v) is 19.3. The predicted molar refractivity (Wildman–Crippen MR) is 130 cm³/mol. The lowest BCUT2D eigenvalue weighted by Crippen LogP contribution is -2.31. The van der Waals surface area contributed by atoms with Crippen LogP contribution >= 0.6 is 0 Å². The first-order chi connectivity index (χ1) is 16.5. The molecule has 1 amide bonds. The number of ketones is 1. The molecular formula is C25H27N7O2. The second kappa shape index (κ2) is 9.18. The van der Waals surface area contributed by atoms with Crippen LogP contribution in [0.3, 0.4) is 0 Å². The molecule has 4 heterocycles. The van der Waals surface area contributed by atoms with Gasteiger partial charge in [-0.2, -0.15) is 10.2 Å². The van der Waals surface area contributed by atoms with Gasteiger partial charge in [0.25, 0.3) is 5.91 Å². The average molecular weight is 458 g/mol. The number of likely N-dealkylation sites (tertiary alicyclic amines) is 1. The van der Waals surface area contributed by atoms with Gasteiger partial charge in [-0.1, -0.05) is 13.0 Å². The van der Waals surface area contributed by atoms with Crippen LogP contribution in [0.1, 0.15) is 53.2 Å². The van der Waals surface area contributed by atoms with Gasteiger partial charge in [-0.15, -0.1) is 0 Å². The Bertz CT molecular complexity index is 1330. The molecular weight excluding hydrogens is 430 g/mol. The zero-order valence-electron chi connectivity index (χ0n) is 19.3. The van der Waals surface area contributed by atoms with Crippen molar-refractivity contribution >= 4 is 28.3 Å². The van der Waals surface area contributed by atoms with E-state index in [1.807, 2.05) is 24.4 Å². The van der Waals surface area contributed by atoms with Crippen molar-refractivity contribution in [1.82, 2.24) is 29.9 Å². The molecule has 9 nitrogen and oxygen atoms in total. The second-order valence-corrected chi connectivity index (χ2v) is 8.74. The van der Waals surface area contributed by atoms with E-state index < -0.39 is 0 Å². The van der Waals surface area contributed by atoms with Gasteiger partial charge in [0.2, 0.25) is 0 Å². The van der Waals surface area contributed by atoms with Crippen molar-refractivity contribution in [2.24, 2.45) is 0 Å². The number of Topliss-reactive ketones (excluding diaryl/α,β-unsaturated/α-hetero) is 1. The topological polar surface area (TPSA) is 109 Å². The maximum atomic E-state index is 12.9.